The van der Waals surface area contributed by atoms with Gasteiger partial charge in [-0.2, -0.15) is 10.2 Å². The van der Waals surface area contributed by atoms with Gasteiger partial charge < -0.3 is 24.3 Å². The summed E-state index contributed by atoms with van der Waals surface area (Å²) in [5.74, 6) is -0.0689. The number of benzene rings is 2. The second kappa shape index (κ2) is 10.8. The molecule has 0 aliphatic rings. The van der Waals surface area contributed by atoms with Gasteiger partial charge in [0, 0.05) is 0 Å². The lowest BCUT2D eigenvalue weighted by Gasteiger charge is -2.15. The Hall–Kier alpha value is -3.04. The number of halogens is 2. The molecule has 0 aromatic heterocycles. The molecular weight excluding hydrogens is 449 g/mol. The molecule has 0 heterocycles. The van der Waals surface area contributed by atoms with Gasteiger partial charge in [-0.15, -0.1) is 0 Å². The van der Waals surface area contributed by atoms with E-state index in [-0.39, 0.29) is 32.9 Å². The minimum Gasteiger partial charge on any atom is -0.495 e. The Morgan fingerprint density at radius 1 is 0.871 bits per heavy atom. The molecule has 0 aliphatic carbocycles. The summed E-state index contributed by atoms with van der Waals surface area (Å²) in [7, 11) is 5.72. The van der Waals surface area contributed by atoms with Crippen molar-refractivity contribution in [1.29, 1.82) is 0 Å². The molecule has 0 aliphatic heterocycles. The Morgan fingerprint density at radius 3 is 2.03 bits per heavy atom. The highest BCUT2D eigenvalue weighted by atomic mass is 35.5. The van der Waals surface area contributed by atoms with E-state index < -0.39 is 17.7 Å². The highest BCUT2D eigenvalue weighted by Crippen LogP contribution is 2.42. The average molecular weight is 470 g/mol. The van der Waals surface area contributed by atoms with E-state index in [1.165, 1.54) is 47.5 Å². The molecule has 2 aromatic rings. The molecule has 0 fully saturated rings. The van der Waals surface area contributed by atoms with Gasteiger partial charge in [0.2, 0.25) is 6.04 Å². The van der Waals surface area contributed by atoms with Crippen LogP contribution >= 0.6 is 23.2 Å². The van der Waals surface area contributed by atoms with Crippen molar-refractivity contribution in [2.75, 3.05) is 33.8 Å². The summed E-state index contributed by atoms with van der Waals surface area (Å²) >= 11 is 12.5. The number of anilines is 1. The number of ketones is 1. The first kappa shape index (κ1) is 24.2. The first-order chi connectivity index (χ1) is 14.8. The summed E-state index contributed by atoms with van der Waals surface area (Å²) in [6.07, 6.45) is 0. The molecule has 0 bridgehead atoms. The van der Waals surface area contributed by atoms with E-state index in [0.717, 1.165) is 0 Å². The second-order valence-electron chi connectivity index (χ2n) is 6.01. The quantitative estimate of drug-likeness (QED) is 0.420. The first-order valence-corrected chi connectivity index (χ1v) is 9.57. The lowest BCUT2D eigenvalue weighted by molar-refractivity contribution is -0.126. The van der Waals surface area contributed by atoms with Crippen LogP contribution in [0.1, 0.15) is 6.92 Å². The lowest BCUT2D eigenvalue weighted by Crippen LogP contribution is -2.32. The van der Waals surface area contributed by atoms with Gasteiger partial charge in [-0.25, -0.2) is 0 Å². The van der Waals surface area contributed by atoms with Crippen molar-refractivity contribution in [3.8, 4) is 23.0 Å². The van der Waals surface area contributed by atoms with Crippen LogP contribution in [0.2, 0.25) is 10.0 Å². The number of carbonyl (C=O) groups excluding carboxylic acids is 2. The zero-order valence-corrected chi connectivity index (χ0v) is 19.0. The smallest absolute Gasteiger partial charge is 0.258 e. The number of hydrogen-bond donors (Lipinski definition) is 1. The normalized spacial score (nSPS) is 11.7. The molecule has 2 aromatic carbocycles. The maximum Gasteiger partial charge on any atom is 0.258 e. The third kappa shape index (κ3) is 5.36. The largest absolute Gasteiger partial charge is 0.495 e. The Bertz CT molecular complexity index is 1010. The molecule has 0 spiro atoms. The molecule has 1 amide bonds. The Balaban J connectivity index is 2.33. The number of ether oxygens (including phenoxy) is 4. The van der Waals surface area contributed by atoms with Crippen LogP contribution in [0.15, 0.2) is 34.5 Å². The van der Waals surface area contributed by atoms with Gasteiger partial charge >= 0.3 is 0 Å². The number of hydrogen-bond acceptors (Lipinski definition) is 8. The van der Waals surface area contributed by atoms with Gasteiger partial charge in [-0.1, -0.05) is 23.2 Å². The van der Waals surface area contributed by atoms with Crippen LogP contribution in [0.3, 0.4) is 0 Å². The number of azo groups is 1. The minimum absolute atomic E-state index is 0.122. The topological polar surface area (TPSA) is 108 Å². The summed E-state index contributed by atoms with van der Waals surface area (Å²) in [4.78, 5) is 24.8. The van der Waals surface area contributed by atoms with Crippen molar-refractivity contribution < 1.29 is 28.5 Å². The number of amides is 1. The number of nitrogens with zero attached hydrogens (tertiary/aromatic N) is 2. The van der Waals surface area contributed by atoms with Crippen molar-refractivity contribution >= 4 is 46.3 Å². The van der Waals surface area contributed by atoms with E-state index in [4.69, 9.17) is 42.1 Å². The molecule has 1 unspecified atom stereocenters. The number of carbonyl (C=O) groups is 2. The predicted octanol–water partition coefficient (Wildman–Crippen LogP) is 4.71. The lowest BCUT2D eigenvalue weighted by atomic mass is 10.2. The standard InChI is InChI=1S/C20H21Cl2N3O6/c1-10(26)17(25-24-11-6-9-14(29-3)19(31-5)15(11)21)20(27)23-12-7-8-13(28-2)16(22)18(12)30-4/h6-9,17H,1-5H3,(H,23,27). The molecule has 1 atom stereocenters. The molecule has 0 radical (unpaired) electrons. The molecule has 2 rings (SSSR count). The summed E-state index contributed by atoms with van der Waals surface area (Å²) in [5.41, 5.74) is 0.437. The van der Waals surface area contributed by atoms with E-state index in [9.17, 15) is 9.59 Å². The van der Waals surface area contributed by atoms with Gasteiger partial charge in [0.05, 0.1) is 34.1 Å². The molecule has 166 valence electrons. The summed E-state index contributed by atoms with van der Waals surface area (Å²) in [6, 6.07) is 4.74. The van der Waals surface area contributed by atoms with Gasteiger partial charge in [-0.3, -0.25) is 9.59 Å². The van der Waals surface area contributed by atoms with Crippen molar-refractivity contribution in [3.05, 3.63) is 34.3 Å². The first-order valence-electron chi connectivity index (χ1n) is 8.82. The number of Topliss-reactive ketones (excluding diaryl/α,β-unsaturated/α-hetero) is 1. The van der Waals surface area contributed by atoms with Crippen LogP contribution in [-0.4, -0.2) is 46.2 Å². The van der Waals surface area contributed by atoms with E-state index in [1.54, 1.807) is 12.1 Å². The highest BCUT2D eigenvalue weighted by Gasteiger charge is 2.25. The zero-order chi connectivity index (χ0) is 23.1. The van der Waals surface area contributed by atoms with Crippen molar-refractivity contribution in [1.82, 2.24) is 0 Å². The number of methoxy groups -OCH3 is 4. The second-order valence-corrected chi connectivity index (χ2v) is 6.77. The average Bonchev–Trinajstić information content (AvgIpc) is 2.74. The molecule has 0 saturated carbocycles. The van der Waals surface area contributed by atoms with Crippen LogP contribution < -0.4 is 24.3 Å². The number of nitrogens with one attached hydrogen (secondary N) is 1. The molecule has 9 nitrogen and oxygen atoms in total. The highest BCUT2D eigenvalue weighted by molar-refractivity contribution is 6.35. The van der Waals surface area contributed by atoms with Crippen LogP contribution in [0, 0.1) is 0 Å². The third-order valence-electron chi connectivity index (χ3n) is 4.12. The Kier molecular flexibility index (Phi) is 8.47. The third-order valence-corrected chi connectivity index (χ3v) is 4.85. The summed E-state index contributed by atoms with van der Waals surface area (Å²) in [5, 5.41) is 10.7. The van der Waals surface area contributed by atoms with Crippen molar-refractivity contribution in [2.24, 2.45) is 10.2 Å². The van der Waals surface area contributed by atoms with Crippen molar-refractivity contribution in [2.45, 2.75) is 13.0 Å². The Labute approximate surface area is 189 Å². The molecule has 31 heavy (non-hydrogen) atoms. The molecule has 11 heteroatoms. The Morgan fingerprint density at radius 2 is 1.48 bits per heavy atom. The fourth-order valence-corrected chi connectivity index (χ4v) is 3.18. The SMILES string of the molecule is COc1ccc(NC(=O)C(N=Nc2ccc(OC)c(OC)c2Cl)C(C)=O)c(OC)c1Cl. The van der Waals surface area contributed by atoms with Gasteiger partial charge in [0.1, 0.15) is 21.5 Å². The van der Waals surface area contributed by atoms with E-state index >= 15 is 0 Å². The minimum atomic E-state index is -1.44. The van der Waals surface area contributed by atoms with E-state index in [0.29, 0.717) is 11.5 Å². The molecule has 0 saturated heterocycles. The van der Waals surface area contributed by atoms with Gasteiger partial charge in [0.25, 0.3) is 5.91 Å². The van der Waals surface area contributed by atoms with Crippen molar-refractivity contribution in [3.63, 3.8) is 0 Å². The van der Waals surface area contributed by atoms with Gasteiger partial charge in [-0.05, 0) is 31.2 Å². The summed E-state index contributed by atoms with van der Waals surface area (Å²) < 4.78 is 20.7. The van der Waals surface area contributed by atoms with Gasteiger partial charge in [0.15, 0.2) is 23.0 Å². The summed E-state index contributed by atoms with van der Waals surface area (Å²) in [6.45, 7) is 1.22. The molecule has 1 N–H and O–H groups in total. The maximum absolute atomic E-state index is 12.7. The van der Waals surface area contributed by atoms with E-state index in [2.05, 4.69) is 15.5 Å². The fourth-order valence-electron chi connectivity index (χ4n) is 2.59. The predicted molar refractivity (Wildman–Crippen MR) is 117 cm³/mol. The van der Waals surface area contributed by atoms with Crippen LogP contribution in [0.5, 0.6) is 23.0 Å². The monoisotopic (exact) mass is 469 g/mol. The van der Waals surface area contributed by atoms with Crippen LogP contribution in [0.4, 0.5) is 11.4 Å². The number of rotatable bonds is 9. The van der Waals surface area contributed by atoms with Crippen LogP contribution in [-0.2, 0) is 9.59 Å². The zero-order valence-electron chi connectivity index (χ0n) is 17.5. The van der Waals surface area contributed by atoms with Crippen LogP contribution in [0.25, 0.3) is 0 Å². The maximum atomic E-state index is 12.7. The fraction of sp³-hybridized carbons (Fsp3) is 0.300. The molecular formula is C20H21Cl2N3O6. The van der Waals surface area contributed by atoms with E-state index in [1.807, 2.05) is 0 Å².